The molecule has 4 nitrogen and oxygen atoms in total. The Kier molecular flexibility index (Phi) is 4.60. The minimum atomic E-state index is -0.747. The van der Waals surface area contributed by atoms with Gasteiger partial charge in [0, 0.05) is 5.92 Å². The van der Waals surface area contributed by atoms with Gasteiger partial charge in [-0.25, -0.2) is 0 Å². The van der Waals surface area contributed by atoms with Gasteiger partial charge in [-0.05, 0) is 13.8 Å². The van der Waals surface area contributed by atoms with Gasteiger partial charge in [0.15, 0.2) is 0 Å². The van der Waals surface area contributed by atoms with Crippen LogP contribution < -0.4 is 0 Å². The Morgan fingerprint density at radius 1 is 1.14 bits per heavy atom. The van der Waals surface area contributed by atoms with Gasteiger partial charge >= 0.3 is 11.9 Å². The van der Waals surface area contributed by atoms with Crippen molar-refractivity contribution in [1.82, 2.24) is 0 Å². The van der Waals surface area contributed by atoms with Crippen molar-refractivity contribution in [3.8, 4) is 0 Å². The Morgan fingerprint density at radius 2 is 1.64 bits per heavy atom. The minimum absolute atomic E-state index is 0.137. The monoisotopic (exact) mass is 201 g/mol. The zero-order chi connectivity index (χ0) is 11.4. The quantitative estimate of drug-likeness (QED) is 0.644. The summed E-state index contributed by atoms with van der Waals surface area (Å²) in [6, 6.07) is 0. The van der Waals surface area contributed by atoms with E-state index in [1.165, 1.54) is 14.2 Å². The van der Waals surface area contributed by atoms with Crippen molar-refractivity contribution >= 4 is 11.9 Å². The maximum absolute atomic E-state index is 11.3. The first-order chi connectivity index (χ1) is 6.36. The number of ether oxygens (including phenoxy) is 2. The molecule has 81 valence electrons. The van der Waals surface area contributed by atoms with Crippen LogP contribution in [0.2, 0.25) is 0 Å². The highest BCUT2D eigenvalue weighted by molar-refractivity contribution is 5.81. The first-order valence-electron chi connectivity index (χ1n) is 4.34. The molecule has 1 radical (unpaired) electrons. The van der Waals surface area contributed by atoms with Crippen molar-refractivity contribution in [2.75, 3.05) is 14.2 Å². The van der Waals surface area contributed by atoms with Crippen molar-refractivity contribution in [3.63, 3.8) is 0 Å². The van der Waals surface area contributed by atoms with Gasteiger partial charge in [-0.1, -0.05) is 6.92 Å². The van der Waals surface area contributed by atoms with Crippen LogP contribution in [0.25, 0.3) is 0 Å². The number of carbonyl (C=O) groups excluding carboxylic acids is 2. The van der Waals surface area contributed by atoms with E-state index in [9.17, 15) is 9.59 Å². The Balaban J connectivity index is 4.42. The molecular formula is C10H17O4. The van der Waals surface area contributed by atoms with E-state index >= 15 is 0 Å². The highest BCUT2D eigenvalue weighted by atomic mass is 16.5. The van der Waals surface area contributed by atoms with Crippen LogP contribution in [0.15, 0.2) is 0 Å². The third-order valence-corrected chi connectivity index (χ3v) is 2.40. The van der Waals surface area contributed by atoms with E-state index in [0.29, 0.717) is 0 Å². The average molecular weight is 201 g/mol. The lowest BCUT2D eigenvalue weighted by Crippen LogP contribution is -2.32. The maximum atomic E-state index is 11.3. The summed E-state index contributed by atoms with van der Waals surface area (Å²) in [5, 5.41) is 0. The molecule has 0 aliphatic carbocycles. The molecule has 0 aliphatic rings. The third kappa shape index (κ3) is 3.01. The number of hydrogen-bond acceptors (Lipinski definition) is 4. The molecule has 0 saturated heterocycles. The lowest BCUT2D eigenvalue weighted by atomic mass is 9.78. The zero-order valence-corrected chi connectivity index (χ0v) is 9.34. The van der Waals surface area contributed by atoms with Crippen LogP contribution in [-0.2, 0) is 19.1 Å². The zero-order valence-electron chi connectivity index (χ0n) is 9.34. The second-order valence-corrected chi connectivity index (χ2v) is 3.65. The first kappa shape index (κ1) is 12.9. The van der Waals surface area contributed by atoms with Crippen LogP contribution in [0.5, 0.6) is 0 Å². The summed E-state index contributed by atoms with van der Waals surface area (Å²) < 4.78 is 9.16. The fourth-order valence-electron chi connectivity index (χ4n) is 0.939. The van der Waals surface area contributed by atoms with Crippen molar-refractivity contribution in [2.24, 2.45) is 5.41 Å². The van der Waals surface area contributed by atoms with Crippen LogP contribution in [0.3, 0.4) is 0 Å². The summed E-state index contributed by atoms with van der Waals surface area (Å²) in [5.41, 5.74) is -0.747. The third-order valence-electron chi connectivity index (χ3n) is 2.40. The largest absolute Gasteiger partial charge is 0.469 e. The van der Waals surface area contributed by atoms with Crippen molar-refractivity contribution in [2.45, 2.75) is 27.2 Å². The summed E-state index contributed by atoms with van der Waals surface area (Å²) in [7, 11) is 2.65. The first-order valence-corrected chi connectivity index (χ1v) is 4.34. The van der Waals surface area contributed by atoms with E-state index in [-0.39, 0.29) is 18.4 Å². The van der Waals surface area contributed by atoms with Crippen LogP contribution in [-0.4, -0.2) is 26.2 Å². The molecule has 0 aliphatic heterocycles. The fraction of sp³-hybridized carbons (Fsp3) is 0.700. The molecule has 0 N–H and O–H groups in total. The summed E-state index contributed by atoms with van der Waals surface area (Å²) in [6.07, 6.45) is 0.137. The van der Waals surface area contributed by atoms with Crippen LogP contribution >= 0.6 is 0 Å². The topological polar surface area (TPSA) is 52.6 Å². The lowest BCUT2D eigenvalue weighted by molar-refractivity contribution is -0.150. The number of rotatable bonds is 4. The molecule has 14 heavy (non-hydrogen) atoms. The summed E-state index contributed by atoms with van der Waals surface area (Å²) >= 11 is 0. The molecule has 0 atom stereocenters. The van der Waals surface area contributed by atoms with Gasteiger partial charge in [0.1, 0.15) is 0 Å². The number of esters is 2. The van der Waals surface area contributed by atoms with E-state index in [0.717, 1.165) is 5.92 Å². The fourth-order valence-corrected chi connectivity index (χ4v) is 0.939. The molecule has 0 aromatic carbocycles. The van der Waals surface area contributed by atoms with Gasteiger partial charge in [0.2, 0.25) is 0 Å². The molecule has 0 fully saturated rings. The molecule has 0 heterocycles. The Hall–Kier alpha value is -1.06. The number of hydrogen-bond donors (Lipinski definition) is 0. The van der Waals surface area contributed by atoms with Gasteiger partial charge in [-0.15, -0.1) is 0 Å². The van der Waals surface area contributed by atoms with E-state index in [1.54, 1.807) is 20.8 Å². The highest BCUT2D eigenvalue weighted by Gasteiger charge is 2.36. The second-order valence-electron chi connectivity index (χ2n) is 3.65. The van der Waals surface area contributed by atoms with Crippen molar-refractivity contribution in [1.29, 1.82) is 0 Å². The summed E-state index contributed by atoms with van der Waals surface area (Å²) in [5.74, 6) is 0.0366. The van der Waals surface area contributed by atoms with E-state index in [2.05, 4.69) is 9.47 Å². The molecule has 0 aromatic rings. The van der Waals surface area contributed by atoms with Gasteiger partial charge in [-0.3, -0.25) is 9.59 Å². The second kappa shape index (κ2) is 4.98. The molecule has 0 aromatic heterocycles. The Bertz CT molecular complexity index is 220. The molecule has 4 heteroatoms. The summed E-state index contributed by atoms with van der Waals surface area (Å²) in [6.45, 7) is 5.18. The van der Waals surface area contributed by atoms with Gasteiger partial charge < -0.3 is 9.47 Å². The molecule has 0 spiro atoms. The number of methoxy groups -OCH3 is 2. The molecule has 0 bridgehead atoms. The maximum Gasteiger partial charge on any atom is 0.311 e. The predicted octanol–water partition coefficient (Wildman–Crippen LogP) is 1.34. The van der Waals surface area contributed by atoms with E-state index in [4.69, 9.17) is 0 Å². The molecule has 0 amide bonds. The highest BCUT2D eigenvalue weighted by Crippen LogP contribution is 2.32. The normalized spacial score (nSPS) is 11.3. The van der Waals surface area contributed by atoms with Gasteiger partial charge in [0.05, 0.1) is 26.1 Å². The Labute approximate surface area is 84.6 Å². The van der Waals surface area contributed by atoms with Gasteiger partial charge in [-0.2, -0.15) is 0 Å². The van der Waals surface area contributed by atoms with Gasteiger partial charge in [0.25, 0.3) is 0 Å². The number of carbonyl (C=O) groups is 2. The molecule has 0 saturated carbocycles. The molecular weight excluding hydrogens is 184 g/mol. The van der Waals surface area contributed by atoms with Crippen LogP contribution in [0.1, 0.15) is 27.2 Å². The lowest BCUT2D eigenvalue weighted by Gasteiger charge is -2.27. The SMILES string of the molecule is COC(=O)C[C](C)C(C)(C)C(=O)OC. The van der Waals surface area contributed by atoms with Crippen molar-refractivity contribution in [3.05, 3.63) is 5.92 Å². The minimum Gasteiger partial charge on any atom is -0.469 e. The van der Waals surface area contributed by atoms with Crippen LogP contribution in [0, 0.1) is 11.3 Å². The molecule has 0 unspecified atom stereocenters. The smallest absolute Gasteiger partial charge is 0.311 e. The predicted molar refractivity (Wildman–Crippen MR) is 51.3 cm³/mol. The van der Waals surface area contributed by atoms with E-state index in [1.807, 2.05) is 0 Å². The Morgan fingerprint density at radius 3 is 2.00 bits per heavy atom. The average Bonchev–Trinajstić information content (AvgIpc) is 2.15. The van der Waals surface area contributed by atoms with E-state index < -0.39 is 5.41 Å². The summed E-state index contributed by atoms with van der Waals surface area (Å²) in [4.78, 5) is 22.3. The molecule has 0 rings (SSSR count). The van der Waals surface area contributed by atoms with Crippen molar-refractivity contribution < 1.29 is 19.1 Å². The van der Waals surface area contributed by atoms with Crippen LogP contribution in [0.4, 0.5) is 0 Å². The standard InChI is InChI=1S/C10H17O4/c1-7(6-8(11)13-4)10(2,3)9(12)14-5/h6H2,1-5H3.